The van der Waals surface area contributed by atoms with Crippen molar-refractivity contribution in [2.45, 2.75) is 13.0 Å². The average Bonchev–Trinajstić information content (AvgIpc) is 3.02. The minimum Gasteiger partial charge on any atom is -0.375 e. The molecule has 0 fully saturated rings. The third-order valence-corrected chi connectivity index (χ3v) is 3.08. The van der Waals surface area contributed by atoms with Crippen LogP contribution in [-0.4, -0.2) is 21.0 Å². The number of aromatic nitrogens is 2. The van der Waals surface area contributed by atoms with Crippen LogP contribution in [0.25, 0.3) is 0 Å². The van der Waals surface area contributed by atoms with Gasteiger partial charge in [0.15, 0.2) is 0 Å². The van der Waals surface area contributed by atoms with Gasteiger partial charge in [0, 0.05) is 30.1 Å². The first-order valence-corrected chi connectivity index (χ1v) is 5.96. The molecule has 1 aromatic carbocycles. The number of nitro benzene ring substituents is 1. The van der Waals surface area contributed by atoms with Crippen molar-refractivity contribution in [1.82, 2.24) is 10.2 Å². The van der Waals surface area contributed by atoms with Crippen molar-refractivity contribution in [2.75, 3.05) is 10.6 Å². The van der Waals surface area contributed by atoms with Gasteiger partial charge in [0.05, 0.1) is 17.5 Å². The Hall–Kier alpha value is -2.90. The molecule has 0 saturated carbocycles. The molecule has 8 nitrogen and oxygen atoms in total. The van der Waals surface area contributed by atoms with Gasteiger partial charge in [0.1, 0.15) is 5.69 Å². The summed E-state index contributed by atoms with van der Waals surface area (Å²) in [5.41, 5.74) is 2.48. The zero-order valence-corrected chi connectivity index (χ0v) is 10.3. The first-order chi connectivity index (χ1) is 9.63. The number of carbonyl (C=O) groups excluding carboxylic acids is 1. The number of fused-ring (bicyclic) bond motifs is 1. The quantitative estimate of drug-likeness (QED) is 0.576. The van der Waals surface area contributed by atoms with Crippen LogP contribution in [0.15, 0.2) is 24.5 Å². The van der Waals surface area contributed by atoms with Crippen molar-refractivity contribution in [2.24, 2.45) is 0 Å². The highest BCUT2D eigenvalue weighted by Crippen LogP contribution is 2.34. The average molecular weight is 273 g/mol. The summed E-state index contributed by atoms with van der Waals surface area (Å²) in [4.78, 5) is 22.0. The van der Waals surface area contributed by atoms with E-state index in [1.807, 2.05) is 0 Å². The fourth-order valence-electron chi connectivity index (χ4n) is 2.13. The monoisotopic (exact) mass is 273 g/mol. The Morgan fingerprint density at radius 3 is 3.00 bits per heavy atom. The van der Waals surface area contributed by atoms with E-state index in [0.29, 0.717) is 23.5 Å². The van der Waals surface area contributed by atoms with Crippen molar-refractivity contribution < 1.29 is 9.72 Å². The third kappa shape index (κ3) is 2.18. The maximum absolute atomic E-state index is 11.3. The van der Waals surface area contributed by atoms with Gasteiger partial charge < -0.3 is 10.6 Å². The molecule has 0 saturated heterocycles. The molecule has 0 radical (unpaired) electrons. The fraction of sp³-hybridized carbons (Fsp3) is 0.167. The molecule has 0 aliphatic carbocycles. The Morgan fingerprint density at radius 2 is 2.30 bits per heavy atom. The van der Waals surface area contributed by atoms with Gasteiger partial charge in [-0.05, 0) is 11.6 Å². The van der Waals surface area contributed by atoms with Crippen LogP contribution in [0.4, 0.5) is 17.1 Å². The van der Waals surface area contributed by atoms with Crippen molar-refractivity contribution in [3.8, 4) is 0 Å². The van der Waals surface area contributed by atoms with Crippen molar-refractivity contribution in [1.29, 1.82) is 0 Å². The van der Waals surface area contributed by atoms with Crippen LogP contribution in [0, 0.1) is 10.1 Å². The number of anilines is 2. The first kappa shape index (κ1) is 12.2. The molecular weight excluding hydrogens is 262 g/mol. The minimum absolute atomic E-state index is 0.0382. The van der Waals surface area contributed by atoms with Gasteiger partial charge in [0.25, 0.3) is 5.69 Å². The molecule has 1 aliphatic heterocycles. The van der Waals surface area contributed by atoms with Gasteiger partial charge in [-0.3, -0.25) is 20.0 Å². The van der Waals surface area contributed by atoms with Crippen LogP contribution in [0.3, 0.4) is 0 Å². The highest BCUT2D eigenvalue weighted by molar-refractivity contribution is 6.00. The summed E-state index contributed by atoms with van der Waals surface area (Å²) in [7, 11) is 0. The van der Waals surface area contributed by atoms with Gasteiger partial charge in [-0.1, -0.05) is 0 Å². The molecule has 1 aromatic heterocycles. The maximum atomic E-state index is 11.3. The molecule has 2 aromatic rings. The zero-order chi connectivity index (χ0) is 14.1. The number of hydrogen-bond donors (Lipinski definition) is 3. The smallest absolute Gasteiger partial charge is 0.292 e. The van der Waals surface area contributed by atoms with E-state index in [1.54, 1.807) is 18.5 Å². The van der Waals surface area contributed by atoms with Crippen molar-refractivity contribution in [3.63, 3.8) is 0 Å². The van der Waals surface area contributed by atoms with E-state index in [1.165, 1.54) is 6.07 Å². The third-order valence-electron chi connectivity index (χ3n) is 3.08. The Kier molecular flexibility index (Phi) is 2.82. The summed E-state index contributed by atoms with van der Waals surface area (Å²) in [6.07, 6.45) is 3.51. The zero-order valence-electron chi connectivity index (χ0n) is 10.3. The van der Waals surface area contributed by atoms with E-state index < -0.39 is 4.92 Å². The first-order valence-electron chi connectivity index (χ1n) is 5.96. The predicted molar refractivity (Wildman–Crippen MR) is 71.3 cm³/mol. The van der Waals surface area contributed by atoms with E-state index in [2.05, 4.69) is 20.8 Å². The second kappa shape index (κ2) is 4.65. The lowest BCUT2D eigenvalue weighted by Gasteiger charge is -2.08. The van der Waals surface area contributed by atoms with Crippen LogP contribution >= 0.6 is 0 Å². The number of nitrogens with zero attached hydrogens (tertiary/aromatic N) is 2. The van der Waals surface area contributed by atoms with Gasteiger partial charge in [0.2, 0.25) is 5.91 Å². The van der Waals surface area contributed by atoms with E-state index in [9.17, 15) is 14.9 Å². The molecule has 1 aliphatic rings. The van der Waals surface area contributed by atoms with Crippen molar-refractivity contribution in [3.05, 3.63) is 45.8 Å². The minimum atomic E-state index is -0.458. The maximum Gasteiger partial charge on any atom is 0.292 e. The lowest BCUT2D eigenvalue weighted by Crippen LogP contribution is -2.04. The Labute approximate surface area is 113 Å². The molecule has 102 valence electrons. The summed E-state index contributed by atoms with van der Waals surface area (Å²) < 4.78 is 0. The summed E-state index contributed by atoms with van der Waals surface area (Å²) in [6.45, 7) is 0.407. The molecule has 0 unspecified atom stereocenters. The highest BCUT2D eigenvalue weighted by atomic mass is 16.6. The van der Waals surface area contributed by atoms with Gasteiger partial charge in [-0.2, -0.15) is 5.10 Å². The van der Waals surface area contributed by atoms with Crippen molar-refractivity contribution >= 4 is 23.0 Å². The molecule has 2 heterocycles. The number of nitro groups is 1. The second-order valence-electron chi connectivity index (χ2n) is 4.47. The van der Waals surface area contributed by atoms with Crippen LogP contribution in [0.5, 0.6) is 0 Å². The molecule has 1 amide bonds. The molecular formula is C12H11N5O3. The van der Waals surface area contributed by atoms with Crippen LogP contribution in [0.1, 0.15) is 11.1 Å². The number of rotatable bonds is 4. The van der Waals surface area contributed by atoms with E-state index in [4.69, 9.17) is 0 Å². The van der Waals surface area contributed by atoms with E-state index in [0.717, 1.165) is 5.56 Å². The predicted octanol–water partition coefficient (Wildman–Crippen LogP) is 1.42. The number of amides is 1. The summed E-state index contributed by atoms with van der Waals surface area (Å²) in [6, 6.07) is 3.03. The molecule has 0 atom stereocenters. The SMILES string of the molecule is O=C1Cc2cc([N+](=O)[O-])c(NCc3cn[nH]c3)cc2N1. The van der Waals surface area contributed by atoms with E-state index in [-0.39, 0.29) is 18.0 Å². The number of hydrogen-bond acceptors (Lipinski definition) is 5. The number of aromatic amines is 1. The summed E-state index contributed by atoms with van der Waals surface area (Å²) >= 11 is 0. The molecule has 3 rings (SSSR count). The van der Waals surface area contributed by atoms with E-state index >= 15 is 0 Å². The fourth-order valence-corrected chi connectivity index (χ4v) is 2.13. The van der Waals surface area contributed by atoms with Crippen LogP contribution in [0.2, 0.25) is 0 Å². The Balaban J connectivity index is 1.90. The normalized spacial score (nSPS) is 12.9. The van der Waals surface area contributed by atoms with Gasteiger partial charge in [-0.25, -0.2) is 0 Å². The lowest BCUT2D eigenvalue weighted by atomic mass is 10.1. The Bertz CT molecular complexity index is 681. The number of benzene rings is 1. The Morgan fingerprint density at radius 1 is 1.45 bits per heavy atom. The van der Waals surface area contributed by atoms with Crippen LogP contribution in [-0.2, 0) is 17.8 Å². The standard InChI is InChI=1S/C12H11N5O3/c18-12-2-8-1-11(17(19)20)10(3-9(8)16-12)13-4-7-5-14-15-6-7/h1,3,5-6,13H,2,4H2,(H,14,15)(H,16,18). The van der Waals surface area contributed by atoms with Gasteiger partial charge >= 0.3 is 0 Å². The largest absolute Gasteiger partial charge is 0.375 e. The molecule has 8 heteroatoms. The van der Waals surface area contributed by atoms with Crippen LogP contribution < -0.4 is 10.6 Å². The summed E-state index contributed by atoms with van der Waals surface area (Å²) in [5.74, 6) is -0.152. The molecule has 3 N–H and O–H groups in total. The summed E-state index contributed by atoms with van der Waals surface area (Å²) in [5, 5.41) is 23.2. The molecule has 0 bridgehead atoms. The highest BCUT2D eigenvalue weighted by Gasteiger charge is 2.24. The number of H-pyrrole nitrogens is 1. The molecule has 20 heavy (non-hydrogen) atoms. The topological polar surface area (TPSA) is 113 Å². The number of carbonyl (C=O) groups is 1. The lowest BCUT2D eigenvalue weighted by molar-refractivity contribution is -0.384. The second-order valence-corrected chi connectivity index (χ2v) is 4.47. The van der Waals surface area contributed by atoms with Gasteiger partial charge in [-0.15, -0.1) is 0 Å². The number of nitrogens with one attached hydrogen (secondary N) is 3. The molecule has 0 spiro atoms.